The number of aromatic amines is 1. The minimum absolute atomic E-state index is 0.0188. The van der Waals surface area contributed by atoms with E-state index in [-0.39, 0.29) is 76.8 Å². The Hall–Kier alpha value is -2.65. The number of carbonyl (C=O) groups is 3. The van der Waals surface area contributed by atoms with E-state index in [2.05, 4.69) is 17.1 Å². The summed E-state index contributed by atoms with van der Waals surface area (Å²) in [6.07, 6.45) is 5.35. The van der Waals surface area contributed by atoms with Crippen LogP contribution in [-0.2, 0) is 14.4 Å². The fraction of sp³-hybridized carbons (Fsp3) is 0.440. The molecule has 0 spiro atoms. The third kappa shape index (κ3) is 3.32. The maximum atomic E-state index is 13.4. The number of H-pyrrole nitrogens is 1. The molecule has 34 heavy (non-hydrogen) atoms. The third-order valence-electron chi connectivity index (χ3n) is 7.93. The first kappa shape index (κ1) is 21.9. The molecule has 7 nitrogen and oxygen atoms in total. The average molecular weight is 497 g/mol. The number of nitrogens with one attached hydrogen (secondary N) is 1. The highest BCUT2D eigenvalue weighted by Gasteiger charge is 2.69. The summed E-state index contributed by atoms with van der Waals surface area (Å²) in [6, 6.07) is 10.0. The Balaban J connectivity index is 1.33. The molecule has 7 atom stereocenters. The van der Waals surface area contributed by atoms with Crippen molar-refractivity contribution in [2.75, 3.05) is 6.54 Å². The summed E-state index contributed by atoms with van der Waals surface area (Å²) in [4.78, 5) is 55.0. The Bertz CT molecular complexity index is 1250. The number of hydrogen-bond donors (Lipinski definition) is 2. The molecule has 2 saturated carbocycles. The van der Waals surface area contributed by atoms with Gasteiger partial charge in [-0.3, -0.25) is 24.1 Å². The minimum atomic E-state index is -0.921. The number of carbonyl (C=O) groups excluding carboxylic acids is 2. The smallest absolute Gasteiger partial charge is 0.305 e. The van der Waals surface area contributed by atoms with E-state index >= 15 is 0 Å². The van der Waals surface area contributed by atoms with Gasteiger partial charge < -0.3 is 10.1 Å². The van der Waals surface area contributed by atoms with Crippen LogP contribution < -0.4 is 4.87 Å². The van der Waals surface area contributed by atoms with Gasteiger partial charge in [0.25, 0.3) is 0 Å². The number of aromatic nitrogens is 1. The van der Waals surface area contributed by atoms with Crippen LogP contribution in [0.3, 0.4) is 0 Å². The standard InChI is InChI=1S/C25H24N2O5S2/c28-16(29)7-4-10-27-23(30)18-14-11-15(19(18)24(27)31)20-17(14)13(9-8-12-5-2-1-3-6-12)21-22(33-20)26-25(32)34-21/h1-3,5-6,8-9,13-15,17-20H,4,7,10-11H2,(H,26,32)(H,28,29). The molecule has 2 aromatic rings. The number of imide groups is 1. The van der Waals surface area contributed by atoms with Crippen molar-refractivity contribution in [2.45, 2.75) is 35.5 Å². The average Bonchev–Trinajstić information content (AvgIpc) is 3.54. The number of fused-ring (bicyclic) bond motifs is 9. The monoisotopic (exact) mass is 496 g/mol. The van der Waals surface area contributed by atoms with Crippen molar-refractivity contribution in [1.82, 2.24) is 9.88 Å². The highest BCUT2D eigenvalue weighted by molar-refractivity contribution is 8.00. The predicted octanol–water partition coefficient (Wildman–Crippen LogP) is 3.44. The fourth-order valence-electron chi connectivity index (χ4n) is 6.73. The number of likely N-dealkylation sites (tertiary alicyclic amines) is 1. The summed E-state index contributed by atoms with van der Waals surface area (Å²) < 4.78 is 0. The minimum Gasteiger partial charge on any atom is -0.481 e. The molecule has 9 heteroatoms. The molecule has 2 aliphatic heterocycles. The van der Waals surface area contributed by atoms with E-state index in [1.165, 1.54) is 16.2 Å². The van der Waals surface area contributed by atoms with Gasteiger partial charge >= 0.3 is 10.8 Å². The van der Waals surface area contributed by atoms with Crippen LogP contribution in [-0.4, -0.2) is 44.6 Å². The number of benzene rings is 1. The highest BCUT2D eigenvalue weighted by Crippen LogP contribution is 2.67. The Kier molecular flexibility index (Phi) is 5.29. The number of amides is 2. The van der Waals surface area contributed by atoms with Crippen molar-refractivity contribution in [3.8, 4) is 0 Å². The SMILES string of the molecule is O=C(O)CCCN1C(=O)C2C3CC(C2C1=O)C1C(C=Cc2ccccc2)c2sc(=O)[nH]c2SC31. The van der Waals surface area contributed by atoms with Gasteiger partial charge in [0, 0.05) is 29.0 Å². The van der Waals surface area contributed by atoms with Crippen LogP contribution in [0.15, 0.2) is 46.2 Å². The molecule has 1 aromatic carbocycles. The Morgan fingerprint density at radius 2 is 1.85 bits per heavy atom. The number of thiazole rings is 1. The van der Waals surface area contributed by atoms with E-state index < -0.39 is 5.97 Å². The van der Waals surface area contributed by atoms with Gasteiger partial charge in [0.2, 0.25) is 11.8 Å². The zero-order valence-corrected chi connectivity index (χ0v) is 19.9. The molecule has 1 aromatic heterocycles. The van der Waals surface area contributed by atoms with Gasteiger partial charge in [0.1, 0.15) is 0 Å². The van der Waals surface area contributed by atoms with Gasteiger partial charge in [-0.25, -0.2) is 0 Å². The van der Waals surface area contributed by atoms with E-state index in [1.807, 2.05) is 30.3 Å². The van der Waals surface area contributed by atoms with Crippen molar-refractivity contribution < 1.29 is 19.5 Å². The molecule has 4 aliphatic rings. The number of allylic oxidation sites excluding steroid dienone is 1. The Morgan fingerprint density at radius 1 is 1.12 bits per heavy atom. The lowest BCUT2D eigenvalue weighted by Gasteiger charge is -2.41. The number of carboxylic acids is 1. The second kappa shape index (κ2) is 8.23. The molecule has 6 rings (SSSR count). The predicted molar refractivity (Wildman–Crippen MR) is 128 cm³/mol. The quantitative estimate of drug-likeness (QED) is 0.594. The molecule has 1 saturated heterocycles. The first-order valence-corrected chi connectivity index (χ1v) is 13.3. The second-order valence-electron chi connectivity index (χ2n) is 9.60. The number of aliphatic carboxylic acids is 1. The summed E-state index contributed by atoms with van der Waals surface area (Å²) in [5.74, 6) is -1.44. The van der Waals surface area contributed by atoms with Gasteiger partial charge in [-0.1, -0.05) is 53.8 Å². The normalized spacial score (nSPS) is 33.4. The molecule has 3 fully saturated rings. The van der Waals surface area contributed by atoms with E-state index in [4.69, 9.17) is 5.11 Å². The molecular weight excluding hydrogens is 472 g/mol. The van der Waals surface area contributed by atoms with Crippen molar-refractivity contribution in [2.24, 2.45) is 29.6 Å². The van der Waals surface area contributed by atoms with Crippen LogP contribution in [0.4, 0.5) is 0 Å². The molecular formula is C25H24N2O5S2. The second-order valence-corrected chi connectivity index (χ2v) is 11.8. The summed E-state index contributed by atoms with van der Waals surface area (Å²) >= 11 is 2.92. The number of thioether (sulfide) groups is 1. The molecule has 2 N–H and O–H groups in total. The van der Waals surface area contributed by atoms with Gasteiger partial charge in [0.15, 0.2) is 0 Å². The van der Waals surface area contributed by atoms with E-state index in [0.29, 0.717) is 0 Å². The molecule has 176 valence electrons. The number of rotatable bonds is 6. The Labute approximate surface area is 204 Å². The zero-order valence-electron chi connectivity index (χ0n) is 18.3. The molecule has 2 aliphatic carbocycles. The first-order chi connectivity index (χ1) is 16.4. The first-order valence-electron chi connectivity index (χ1n) is 11.6. The van der Waals surface area contributed by atoms with Crippen LogP contribution in [0.1, 0.15) is 35.6 Å². The van der Waals surface area contributed by atoms with Gasteiger partial charge in [-0.2, -0.15) is 0 Å². The van der Waals surface area contributed by atoms with Crippen LogP contribution in [0.2, 0.25) is 0 Å². The topological polar surface area (TPSA) is 108 Å². The number of hydrogen-bond acceptors (Lipinski definition) is 6. The van der Waals surface area contributed by atoms with Crippen molar-refractivity contribution in [3.05, 3.63) is 56.5 Å². The lowest BCUT2D eigenvalue weighted by molar-refractivity contribution is -0.142. The van der Waals surface area contributed by atoms with Crippen molar-refractivity contribution >= 4 is 47.0 Å². The van der Waals surface area contributed by atoms with Gasteiger partial charge in [-0.05, 0) is 36.2 Å². The van der Waals surface area contributed by atoms with Crippen LogP contribution in [0.5, 0.6) is 0 Å². The molecule has 2 amide bonds. The maximum absolute atomic E-state index is 13.4. The summed E-state index contributed by atoms with van der Waals surface area (Å²) in [7, 11) is 0. The number of carboxylic acid groups (broad SMARTS) is 1. The molecule has 0 radical (unpaired) electrons. The fourth-order valence-corrected chi connectivity index (χ4v) is 9.59. The van der Waals surface area contributed by atoms with E-state index in [0.717, 1.165) is 21.9 Å². The van der Waals surface area contributed by atoms with Crippen LogP contribution in [0.25, 0.3) is 6.08 Å². The molecule has 3 heterocycles. The van der Waals surface area contributed by atoms with Gasteiger partial charge in [-0.15, -0.1) is 11.8 Å². The summed E-state index contributed by atoms with van der Waals surface area (Å²) in [5.41, 5.74) is 1.08. The van der Waals surface area contributed by atoms with Gasteiger partial charge in [0.05, 0.1) is 16.9 Å². The maximum Gasteiger partial charge on any atom is 0.305 e. The van der Waals surface area contributed by atoms with Crippen LogP contribution >= 0.6 is 23.1 Å². The van der Waals surface area contributed by atoms with Crippen LogP contribution in [0, 0.1) is 29.6 Å². The number of nitrogens with zero attached hydrogens (tertiary/aromatic N) is 1. The van der Waals surface area contributed by atoms with E-state index in [1.54, 1.807) is 11.8 Å². The molecule has 2 bridgehead atoms. The highest BCUT2D eigenvalue weighted by atomic mass is 32.2. The summed E-state index contributed by atoms with van der Waals surface area (Å²) in [5, 5.41) is 10.0. The van der Waals surface area contributed by atoms with Crippen molar-refractivity contribution in [1.29, 1.82) is 0 Å². The zero-order chi connectivity index (χ0) is 23.6. The largest absolute Gasteiger partial charge is 0.481 e. The van der Waals surface area contributed by atoms with Crippen molar-refractivity contribution in [3.63, 3.8) is 0 Å². The van der Waals surface area contributed by atoms with E-state index in [9.17, 15) is 19.2 Å². The summed E-state index contributed by atoms with van der Waals surface area (Å²) in [6.45, 7) is 0.177. The lowest BCUT2D eigenvalue weighted by Crippen LogP contribution is -2.42. The Morgan fingerprint density at radius 3 is 2.59 bits per heavy atom. The molecule has 7 unspecified atom stereocenters. The lowest BCUT2D eigenvalue weighted by atomic mass is 9.69. The third-order valence-corrected chi connectivity index (χ3v) is 10.5.